The van der Waals surface area contributed by atoms with E-state index in [4.69, 9.17) is 4.42 Å². The Bertz CT molecular complexity index is 826. The number of nitrogens with zero attached hydrogens (tertiary/aromatic N) is 2. The molecule has 1 aromatic heterocycles. The summed E-state index contributed by atoms with van der Waals surface area (Å²) in [5, 5.41) is 11.2. The quantitative estimate of drug-likeness (QED) is 0.700. The largest absolute Gasteiger partial charge is 0.407 e. The lowest BCUT2D eigenvalue weighted by atomic mass is 9.49. The summed E-state index contributed by atoms with van der Waals surface area (Å²) in [6.45, 7) is 2.15. The Labute approximate surface area is 170 Å². The molecule has 1 aromatic carbocycles. The maximum atomic E-state index is 13.1. The summed E-state index contributed by atoms with van der Waals surface area (Å²) >= 11 is 1.83. The Balaban J connectivity index is 1.23. The van der Waals surface area contributed by atoms with Crippen LogP contribution >= 0.6 is 11.8 Å². The molecule has 0 atom stereocenters. The van der Waals surface area contributed by atoms with Crippen LogP contribution in [0.15, 0.2) is 33.6 Å². The highest BCUT2D eigenvalue weighted by atomic mass is 32.2. The number of carbonyl (C=O) groups excluding carboxylic acids is 1. The second-order valence-corrected chi connectivity index (χ2v) is 10.2. The predicted octanol–water partition coefficient (Wildman–Crippen LogP) is 4.93. The van der Waals surface area contributed by atoms with Crippen LogP contribution in [0.1, 0.15) is 56.9 Å². The molecule has 28 heavy (non-hydrogen) atoms. The summed E-state index contributed by atoms with van der Waals surface area (Å²) < 4.78 is 5.74. The number of aromatic nitrogens is 2. The summed E-state index contributed by atoms with van der Waals surface area (Å²) in [6, 6.07) is 8.67. The maximum Gasteiger partial charge on any atom is 0.322 e. The summed E-state index contributed by atoms with van der Waals surface area (Å²) in [7, 11) is 0. The maximum absolute atomic E-state index is 13.1. The highest BCUT2D eigenvalue weighted by Gasteiger charge is 2.54. The molecule has 4 saturated carbocycles. The number of benzene rings is 1. The molecule has 6 rings (SSSR count). The highest BCUT2D eigenvalue weighted by molar-refractivity contribution is 7.99. The zero-order chi connectivity index (χ0) is 19.1. The predicted molar refractivity (Wildman–Crippen MR) is 109 cm³/mol. The van der Waals surface area contributed by atoms with Crippen molar-refractivity contribution >= 4 is 23.7 Å². The van der Waals surface area contributed by atoms with Crippen molar-refractivity contribution in [1.29, 1.82) is 0 Å². The summed E-state index contributed by atoms with van der Waals surface area (Å²) in [5.41, 5.74) is 0.930. The van der Waals surface area contributed by atoms with Gasteiger partial charge in [0.2, 0.25) is 11.8 Å². The van der Waals surface area contributed by atoms with Crippen molar-refractivity contribution in [3.05, 3.63) is 35.7 Å². The van der Waals surface area contributed by atoms with Crippen LogP contribution in [0.2, 0.25) is 0 Å². The molecule has 0 radical (unpaired) electrons. The number of carbonyl (C=O) groups is 1. The molecule has 1 amide bonds. The van der Waals surface area contributed by atoms with Crippen molar-refractivity contribution in [1.82, 2.24) is 10.2 Å². The molecule has 0 spiro atoms. The van der Waals surface area contributed by atoms with Crippen molar-refractivity contribution in [2.24, 2.45) is 23.2 Å². The molecule has 6 heteroatoms. The Morgan fingerprint density at radius 2 is 1.75 bits per heavy atom. The van der Waals surface area contributed by atoms with E-state index in [1.165, 1.54) is 24.2 Å². The molecule has 1 heterocycles. The molecule has 5 nitrogen and oxygen atoms in total. The fourth-order valence-electron chi connectivity index (χ4n) is 6.04. The lowest BCUT2D eigenvalue weighted by molar-refractivity contribution is -0.140. The monoisotopic (exact) mass is 397 g/mol. The van der Waals surface area contributed by atoms with E-state index in [0.717, 1.165) is 48.3 Å². The van der Waals surface area contributed by atoms with E-state index < -0.39 is 0 Å². The number of hydrogen-bond donors (Lipinski definition) is 1. The van der Waals surface area contributed by atoms with Crippen LogP contribution in [-0.4, -0.2) is 21.9 Å². The molecule has 148 valence electrons. The molecular formula is C22H27N3O2S. The molecule has 0 aliphatic heterocycles. The number of thioether (sulfide) groups is 1. The van der Waals surface area contributed by atoms with Crippen LogP contribution in [0.25, 0.3) is 0 Å². The minimum Gasteiger partial charge on any atom is -0.407 e. The average Bonchev–Trinajstić information content (AvgIpc) is 3.09. The van der Waals surface area contributed by atoms with Crippen LogP contribution in [-0.2, 0) is 11.2 Å². The van der Waals surface area contributed by atoms with E-state index in [2.05, 4.69) is 46.7 Å². The molecular weight excluding hydrogens is 370 g/mol. The standard InChI is InChI=1S/C22H27N3O2S/c1-2-28-18-5-3-14(4-6-18)10-19-24-25-21(27-19)23-20(26)22-11-15-7-16(12-22)9-17(8-15)13-22/h3-6,15-17H,2,7-13H2,1H3,(H,23,25,26). The fourth-order valence-corrected chi connectivity index (χ4v) is 6.70. The second kappa shape index (κ2) is 7.21. The first-order chi connectivity index (χ1) is 13.6. The Morgan fingerprint density at radius 3 is 2.36 bits per heavy atom. The van der Waals surface area contributed by atoms with Gasteiger partial charge in [-0.2, -0.15) is 0 Å². The molecule has 4 bridgehead atoms. The number of nitrogens with one attached hydrogen (secondary N) is 1. The molecule has 1 N–H and O–H groups in total. The van der Waals surface area contributed by atoms with Gasteiger partial charge in [-0.15, -0.1) is 16.9 Å². The van der Waals surface area contributed by atoms with Gasteiger partial charge in [0.05, 0.1) is 11.8 Å². The van der Waals surface area contributed by atoms with Crippen molar-refractivity contribution in [3.8, 4) is 0 Å². The third-order valence-corrected chi connectivity index (χ3v) is 7.69. The van der Waals surface area contributed by atoms with Crippen LogP contribution in [0.5, 0.6) is 0 Å². The van der Waals surface area contributed by atoms with Gasteiger partial charge in [-0.1, -0.05) is 24.2 Å². The van der Waals surface area contributed by atoms with Crippen LogP contribution < -0.4 is 5.32 Å². The average molecular weight is 398 g/mol. The third kappa shape index (κ3) is 3.47. The Morgan fingerprint density at radius 1 is 1.11 bits per heavy atom. The van der Waals surface area contributed by atoms with Gasteiger partial charge in [0.1, 0.15) is 0 Å². The minimum absolute atomic E-state index is 0.0998. The topological polar surface area (TPSA) is 68.0 Å². The second-order valence-electron chi connectivity index (χ2n) is 8.91. The lowest BCUT2D eigenvalue weighted by Crippen LogP contribution is -2.51. The van der Waals surface area contributed by atoms with Gasteiger partial charge in [0, 0.05) is 4.90 Å². The molecule has 2 aromatic rings. The molecule has 4 aliphatic rings. The first-order valence-corrected chi connectivity index (χ1v) is 11.5. The van der Waals surface area contributed by atoms with Crippen molar-refractivity contribution in [2.75, 3.05) is 11.1 Å². The third-order valence-electron chi connectivity index (χ3n) is 6.80. The van der Waals surface area contributed by atoms with Gasteiger partial charge in [0.25, 0.3) is 0 Å². The zero-order valence-electron chi connectivity index (χ0n) is 16.3. The summed E-state index contributed by atoms with van der Waals surface area (Å²) in [4.78, 5) is 14.4. The lowest BCUT2D eigenvalue weighted by Gasteiger charge is -2.55. The number of anilines is 1. The highest BCUT2D eigenvalue weighted by Crippen LogP contribution is 2.60. The Kier molecular flexibility index (Phi) is 4.69. The van der Waals surface area contributed by atoms with Gasteiger partial charge in [-0.25, -0.2) is 0 Å². The van der Waals surface area contributed by atoms with Crippen molar-refractivity contribution in [3.63, 3.8) is 0 Å². The van der Waals surface area contributed by atoms with E-state index in [1.54, 1.807) is 0 Å². The number of rotatable bonds is 6. The van der Waals surface area contributed by atoms with E-state index in [1.807, 2.05) is 11.8 Å². The summed E-state index contributed by atoms with van der Waals surface area (Å²) in [6.07, 6.45) is 7.67. The van der Waals surface area contributed by atoms with Gasteiger partial charge in [-0.3, -0.25) is 10.1 Å². The smallest absolute Gasteiger partial charge is 0.322 e. The van der Waals surface area contributed by atoms with E-state index in [-0.39, 0.29) is 17.3 Å². The molecule has 4 aliphatic carbocycles. The first-order valence-electron chi connectivity index (χ1n) is 10.5. The molecule has 0 saturated heterocycles. The zero-order valence-corrected chi connectivity index (χ0v) is 17.1. The Hall–Kier alpha value is -1.82. The fraction of sp³-hybridized carbons (Fsp3) is 0.591. The normalized spacial score (nSPS) is 30.5. The van der Waals surface area contributed by atoms with Crippen molar-refractivity contribution in [2.45, 2.75) is 56.8 Å². The number of hydrogen-bond acceptors (Lipinski definition) is 5. The van der Waals surface area contributed by atoms with Gasteiger partial charge in [0.15, 0.2) is 0 Å². The summed E-state index contributed by atoms with van der Waals surface area (Å²) in [5.74, 6) is 3.92. The van der Waals surface area contributed by atoms with Crippen LogP contribution in [0, 0.1) is 23.2 Å². The molecule has 0 unspecified atom stereocenters. The van der Waals surface area contributed by atoms with Gasteiger partial charge in [-0.05, 0) is 79.7 Å². The van der Waals surface area contributed by atoms with Gasteiger partial charge < -0.3 is 4.42 Å². The van der Waals surface area contributed by atoms with E-state index in [9.17, 15) is 4.79 Å². The van der Waals surface area contributed by atoms with Gasteiger partial charge >= 0.3 is 6.01 Å². The first kappa shape index (κ1) is 18.2. The SMILES string of the molecule is CCSc1ccc(Cc2nnc(NC(=O)C34CC5CC(CC(C5)C3)C4)o2)cc1. The van der Waals surface area contributed by atoms with Crippen LogP contribution in [0.3, 0.4) is 0 Å². The van der Waals surface area contributed by atoms with Crippen molar-refractivity contribution < 1.29 is 9.21 Å². The van der Waals surface area contributed by atoms with E-state index in [0.29, 0.717) is 12.3 Å². The van der Waals surface area contributed by atoms with E-state index >= 15 is 0 Å². The molecule has 4 fully saturated rings. The number of amides is 1. The minimum atomic E-state index is -0.198. The van der Waals surface area contributed by atoms with Crippen LogP contribution in [0.4, 0.5) is 6.01 Å².